The van der Waals surface area contributed by atoms with Crippen molar-refractivity contribution in [2.45, 2.75) is 13.3 Å². The van der Waals surface area contributed by atoms with Crippen LogP contribution in [0.3, 0.4) is 0 Å². The van der Waals surface area contributed by atoms with E-state index >= 15 is 0 Å². The van der Waals surface area contributed by atoms with E-state index in [0.29, 0.717) is 10.0 Å². The molecule has 2 N–H and O–H groups in total. The van der Waals surface area contributed by atoms with Crippen molar-refractivity contribution in [1.82, 2.24) is 5.32 Å². The van der Waals surface area contributed by atoms with Gasteiger partial charge in [0.05, 0.1) is 16.4 Å². The molecule has 0 aromatic carbocycles. The van der Waals surface area contributed by atoms with Gasteiger partial charge in [-0.25, -0.2) is 0 Å². The summed E-state index contributed by atoms with van der Waals surface area (Å²) in [4.78, 5) is 22.8. The van der Waals surface area contributed by atoms with Gasteiger partial charge in [0.15, 0.2) is 0 Å². The lowest BCUT2D eigenvalue weighted by Gasteiger charge is -2.02. The Morgan fingerprint density at radius 3 is 2.73 bits per heavy atom. The van der Waals surface area contributed by atoms with E-state index < -0.39 is 0 Å². The molecule has 0 saturated heterocycles. The second kappa shape index (κ2) is 5.14. The zero-order chi connectivity index (χ0) is 11.4. The van der Waals surface area contributed by atoms with Gasteiger partial charge < -0.3 is 10.6 Å². The van der Waals surface area contributed by atoms with Crippen LogP contribution < -0.4 is 10.6 Å². The lowest BCUT2D eigenvalue weighted by molar-refractivity contribution is -0.120. The Morgan fingerprint density at radius 2 is 2.20 bits per heavy atom. The SMILES string of the molecule is CNC(=O)Cc1sc(Cl)cc1NC(C)=O. The number of amides is 2. The van der Waals surface area contributed by atoms with Crippen molar-refractivity contribution in [3.63, 3.8) is 0 Å². The van der Waals surface area contributed by atoms with Crippen LogP contribution >= 0.6 is 22.9 Å². The maximum Gasteiger partial charge on any atom is 0.225 e. The van der Waals surface area contributed by atoms with Gasteiger partial charge in [-0.3, -0.25) is 9.59 Å². The smallest absolute Gasteiger partial charge is 0.225 e. The Morgan fingerprint density at radius 1 is 1.53 bits per heavy atom. The molecular formula is C9H11ClN2O2S. The van der Waals surface area contributed by atoms with E-state index in [0.717, 1.165) is 4.88 Å². The van der Waals surface area contributed by atoms with Gasteiger partial charge in [-0.2, -0.15) is 0 Å². The highest BCUT2D eigenvalue weighted by atomic mass is 35.5. The molecule has 1 heterocycles. The Kier molecular flexibility index (Phi) is 4.11. The molecule has 0 aliphatic rings. The average molecular weight is 247 g/mol. The molecule has 0 bridgehead atoms. The molecule has 1 aromatic rings. The van der Waals surface area contributed by atoms with Crippen LogP contribution in [0.2, 0.25) is 4.34 Å². The molecule has 0 aliphatic heterocycles. The van der Waals surface area contributed by atoms with Crippen LogP contribution in [0.5, 0.6) is 0 Å². The quantitative estimate of drug-likeness (QED) is 0.852. The van der Waals surface area contributed by atoms with Gasteiger partial charge in [-0.05, 0) is 6.07 Å². The highest BCUT2D eigenvalue weighted by molar-refractivity contribution is 7.16. The number of carbonyl (C=O) groups excluding carboxylic acids is 2. The molecule has 2 amide bonds. The standard InChI is InChI=1S/C9H11ClN2O2S/c1-5(13)12-6-3-8(10)15-7(6)4-9(14)11-2/h3H,4H2,1-2H3,(H,11,14)(H,12,13). The Bertz CT molecular complexity index is 389. The van der Waals surface area contributed by atoms with E-state index in [2.05, 4.69) is 10.6 Å². The molecule has 15 heavy (non-hydrogen) atoms. The first-order chi connectivity index (χ1) is 7.02. The van der Waals surface area contributed by atoms with Gasteiger partial charge in [-0.15, -0.1) is 11.3 Å². The molecule has 4 nitrogen and oxygen atoms in total. The van der Waals surface area contributed by atoms with Gasteiger partial charge in [0, 0.05) is 18.8 Å². The summed E-state index contributed by atoms with van der Waals surface area (Å²) < 4.78 is 0.553. The predicted octanol–water partition coefficient (Wildman–Crippen LogP) is 1.65. The summed E-state index contributed by atoms with van der Waals surface area (Å²) in [6, 6.07) is 1.64. The topological polar surface area (TPSA) is 58.2 Å². The van der Waals surface area contributed by atoms with E-state index in [-0.39, 0.29) is 18.2 Å². The van der Waals surface area contributed by atoms with Gasteiger partial charge in [-0.1, -0.05) is 11.6 Å². The number of halogens is 1. The maximum absolute atomic E-state index is 11.2. The van der Waals surface area contributed by atoms with Gasteiger partial charge in [0.1, 0.15) is 0 Å². The van der Waals surface area contributed by atoms with Crippen LogP contribution in [0.25, 0.3) is 0 Å². The van der Waals surface area contributed by atoms with Gasteiger partial charge in [0.2, 0.25) is 11.8 Å². The molecule has 0 spiro atoms. The number of thiophene rings is 1. The van der Waals surface area contributed by atoms with Crippen molar-refractivity contribution < 1.29 is 9.59 Å². The first-order valence-corrected chi connectivity index (χ1v) is 5.48. The summed E-state index contributed by atoms with van der Waals surface area (Å²) in [6.45, 7) is 1.41. The van der Waals surface area contributed by atoms with E-state index in [1.165, 1.54) is 18.3 Å². The minimum absolute atomic E-state index is 0.111. The van der Waals surface area contributed by atoms with Crippen LogP contribution in [0, 0.1) is 0 Å². The first kappa shape index (κ1) is 12.0. The number of nitrogens with one attached hydrogen (secondary N) is 2. The lowest BCUT2D eigenvalue weighted by atomic mass is 10.3. The summed E-state index contributed by atoms with van der Waals surface area (Å²) >= 11 is 7.10. The number of anilines is 1. The number of rotatable bonds is 3. The molecule has 82 valence electrons. The monoisotopic (exact) mass is 246 g/mol. The van der Waals surface area contributed by atoms with E-state index in [1.807, 2.05) is 0 Å². The summed E-state index contributed by atoms with van der Waals surface area (Å²) in [7, 11) is 1.57. The normalized spacial score (nSPS) is 9.80. The third-order valence-corrected chi connectivity index (χ3v) is 2.95. The third kappa shape index (κ3) is 3.53. The highest BCUT2D eigenvalue weighted by Crippen LogP contribution is 2.31. The van der Waals surface area contributed by atoms with Crippen molar-refractivity contribution in [1.29, 1.82) is 0 Å². The van der Waals surface area contributed by atoms with Crippen LogP contribution in [-0.2, 0) is 16.0 Å². The third-order valence-electron chi connectivity index (χ3n) is 1.69. The van der Waals surface area contributed by atoms with E-state index in [1.54, 1.807) is 13.1 Å². The molecule has 6 heteroatoms. The maximum atomic E-state index is 11.2. The molecule has 0 atom stereocenters. The molecule has 0 saturated carbocycles. The number of likely N-dealkylation sites (N-methyl/N-ethyl adjacent to an activating group) is 1. The average Bonchev–Trinajstić information content (AvgIpc) is 2.45. The Labute approximate surface area is 96.6 Å². The summed E-state index contributed by atoms with van der Waals surface area (Å²) in [6.07, 6.45) is 0.226. The zero-order valence-electron chi connectivity index (χ0n) is 8.39. The summed E-state index contributed by atoms with van der Waals surface area (Å²) in [5.41, 5.74) is 0.612. The minimum atomic E-state index is -0.178. The summed E-state index contributed by atoms with van der Waals surface area (Å²) in [5, 5.41) is 5.15. The molecule has 0 radical (unpaired) electrons. The van der Waals surface area contributed by atoms with Gasteiger partial charge in [0.25, 0.3) is 0 Å². The largest absolute Gasteiger partial charge is 0.359 e. The van der Waals surface area contributed by atoms with Crippen LogP contribution in [-0.4, -0.2) is 18.9 Å². The predicted molar refractivity (Wildman–Crippen MR) is 61.4 cm³/mol. The Hall–Kier alpha value is -1.07. The summed E-state index contributed by atoms with van der Waals surface area (Å²) in [5.74, 6) is -0.289. The number of hydrogen-bond donors (Lipinski definition) is 2. The molecular weight excluding hydrogens is 236 g/mol. The molecule has 0 aliphatic carbocycles. The Balaban J connectivity index is 2.85. The molecule has 0 fully saturated rings. The number of hydrogen-bond acceptors (Lipinski definition) is 3. The van der Waals surface area contributed by atoms with Crippen molar-refractivity contribution in [3.8, 4) is 0 Å². The van der Waals surface area contributed by atoms with E-state index in [4.69, 9.17) is 11.6 Å². The first-order valence-electron chi connectivity index (χ1n) is 4.29. The fourth-order valence-electron chi connectivity index (χ4n) is 1.06. The highest BCUT2D eigenvalue weighted by Gasteiger charge is 2.12. The molecule has 0 unspecified atom stereocenters. The fraction of sp³-hybridized carbons (Fsp3) is 0.333. The minimum Gasteiger partial charge on any atom is -0.359 e. The van der Waals surface area contributed by atoms with Crippen molar-refractivity contribution in [2.24, 2.45) is 0 Å². The second-order valence-electron chi connectivity index (χ2n) is 2.92. The second-order valence-corrected chi connectivity index (χ2v) is 4.69. The van der Waals surface area contributed by atoms with Crippen molar-refractivity contribution in [3.05, 3.63) is 15.3 Å². The van der Waals surface area contributed by atoms with Crippen molar-refractivity contribution in [2.75, 3.05) is 12.4 Å². The number of carbonyl (C=O) groups is 2. The zero-order valence-corrected chi connectivity index (χ0v) is 9.96. The molecule has 1 rings (SSSR count). The lowest BCUT2D eigenvalue weighted by Crippen LogP contribution is -2.20. The van der Waals surface area contributed by atoms with E-state index in [9.17, 15) is 9.59 Å². The van der Waals surface area contributed by atoms with Crippen LogP contribution in [0.1, 0.15) is 11.8 Å². The van der Waals surface area contributed by atoms with Crippen LogP contribution in [0.15, 0.2) is 6.07 Å². The van der Waals surface area contributed by atoms with Crippen LogP contribution in [0.4, 0.5) is 5.69 Å². The fourth-order valence-corrected chi connectivity index (χ4v) is 2.28. The molecule has 1 aromatic heterocycles. The van der Waals surface area contributed by atoms with Crippen molar-refractivity contribution >= 4 is 40.4 Å². The van der Waals surface area contributed by atoms with Gasteiger partial charge >= 0.3 is 0 Å².